The van der Waals surface area contributed by atoms with E-state index in [0.29, 0.717) is 0 Å². The van der Waals surface area contributed by atoms with Crippen LogP contribution in [0.15, 0.2) is 4.99 Å². The van der Waals surface area contributed by atoms with Gasteiger partial charge in [-0.25, -0.2) is 9.79 Å². The lowest BCUT2D eigenvalue weighted by Crippen LogP contribution is -2.09. The lowest BCUT2D eigenvalue weighted by molar-refractivity contribution is 0.557. The standard InChI is InChI=1S/C5H8ClNO/c1-4(6)5(2)7-3-8/h4-5H,1-2H3. The minimum atomic E-state index is -0.117. The molecule has 0 N–H and O–H groups in total. The van der Waals surface area contributed by atoms with Crippen molar-refractivity contribution in [3.63, 3.8) is 0 Å². The van der Waals surface area contributed by atoms with Crippen LogP contribution in [0.2, 0.25) is 0 Å². The summed E-state index contributed by atoms with van der Waals surface area (Å²) >= 11 is 5.53. The zero-order valence-electron chi connectivity index (χ0n) is 4.89. The highest BCUT2D eigenvalue weighted by Crippen LogP contribution is 2.02. The van der Waals surface area contributed by atoms with Crippen molar-refractivity contribution in [3.8, 4) is 0 Å². The summed E-state index contributed by atoms with van der Waals surface area (Å²) in [5, 5.41) is -0.0866. The first kappa shape index (κ1) is 7.67. The van der Waals surface area contributed by atoms with Crippen LogP contribution < -0.4 is 0 Å². The van der Waals surface area contributed by atoms with Gasteiger partial charge in [-0.05, 0) is 13.8 Å². The number of carbonyl (C=O) groups excluding carboxylic acids is 1. The second-order valence-electron chi connectivity index (χ2n) is 1.64. The Morgan fingerprint density at radius 2 is 2.12 bits per heavy atom. The van der Waals surface area contributed by atoms with Gasteiger partial charge in [-0.2, -0.15) is 0 Å². The van der Waals surface area contributed by atoms with E-state index < -0.39 is 0 Å². The first-order valence-corrected chi connectivity index (χ1v) is 2.83. The van der Waals surface area contributed by atoms with E-state index in [1.54, 1.807) is 13.8 Å². The van der Waals surface area contributed by atoms with E-state index in [-0.39, 0.29) is 11.4 Å². The molecule has 3 heteroatoms. The van der Waals surface area contributed by atoms with Crippen molar-refractivity contribution in [2.75, 3.05) is 0 Å². The maximum Gasteiger partial charge on any atom is 0.235 e. The van der Waals surface area contributed by atoms with E-state index in [1.807, 2.05) is 0 Å². The van der Waals surface area contributed by atoms with Gasteiger partial charge in [-0.15, -0.1) is 11.6 Å². The van der Waals surface area contributed by atoms with Gasteiger partial charge < -0.3 is 0 Å². The van der Waals surface area contributed by atoms with Gasteiger partial charge in [0.15, 0.2) is 0 Å². The number of aliphatic imine (C=N–C) groups is 1. The summed E-state index contributed by atoms with van der Waals surface area (Å²) in [6, 6.07) is -0.117. The molecule has 46 valence electrons. The summed E-state index contributed by atoms with van der Waals surface area (Å²) in [6.45, 7) is 3.55. The van der Waals surface area contributed by atoms with Crippen molar-refractivity contribution in [2.45, 2.75) is 25.3 Å². The lowest BCUT2D eigenvalue weighted by Gasteiger charge is -2.02. The molecule has 0 aromatic heterocycles. The van der Waals surface area contributed by atoms with Crippen molar-refractivity contribution in [3.05, 3.63) is 0 Å². The third kappa shape index (κ3) is 2.78. The normalized spacial score (nSPS) is 16.4. The smallest absolute Gasteiger partial charge is 0.211 e. The van der Waals surface area contributed by atoms with Crippen LogP contribution in [0.5, 0.6) is 0 Å². The molecule has 0 fully saturated rings. The third-order valence-corrected chi connectivity index (χ3v) is 1.29. The lowest BCUT2D eigenvalue weighted by atomic mass is 10.3. The van der Waals surface area contributed by atoms with Crippen molar-refractivity contribution in [1.82, 2.24) is 0 Å². The van der Waals surface area contributed by atoms with Gasteiger partial charge in [-0.1, -0.05) is 0 Å². The van der Waals surface area contributed by atoms with E-state index in [4.69, 9.17) is 11.6 Å². The monoisotopic (exact) mass is 133 g/mol. The molecule has 0 radical (unpaired) electrons. The molecule has 0 aromatic rings. The van der Waals surface area contributed by atoms with Crippen molar-refractivity contribution in [2.24, 2.45) is 4.99 Å². The minimum Gasteiger partial charge on any atom is -0.211 e. The van der Waals surface area contributed by atoms with Gasteiger partial charge in [0.05, 0.1) is 11.4 Å². The maximum atomic E-state index is 9.57. The number of nitrogens with zero attached hydrogens (tertiary/aromatic N) is 1. The summed E-state index contributed by atoms with van der Waals surface area (Å²) in [4.78, 5) is 13.0. The van der Waals surface area contributed by atoms with Crippen molar-refractivity contribution in [1.29, 1.82) is 0 Å². The molecule has 2 atom stereocenters. The van der Waals surface area contributed by atoms with Gasteiger partial charge >= 0.3 is 0 Å². The van der Waals surface area contributed by atoms with Crippen LogP contribution in [-0.2, 0) is 4.79 Å². The highest BCUT2D eigenvalue weighted by molar-refractivity contribution is 6.20. The van der Waals surface area contributed by atoms with E-state index in [0.717, 1.165) is 0 Å². The van der Waals surface area contributed by atoms with Crippen molar-refractivity contribution >= 4 is 17.7 Å². The summed E-state index contributed by atoms with van der Waals surface area (Å²) in [7, 11) is 0. The second kappa shape index (κ2) is 3.65. The average molecular weight is 134 g/mol. The summed E-state index contributed by atoms with van der Waals surface area (Å²) < 4.78 is 0. The van der Waals surface area contributed by atoms with Gasteiger partial charge in [0, 0.05) is 0 Å². The molecule has 0 bridgehead atoms. The predicted octanol–water partition coefficient (Wildman–Crippen LogP) is 1.34. The highest BCUT2D eigenvalue weighted by atomic mass is 35.5. The zero-order valence-corrected chi connectivity index (χ0v) is 5.64. The molecule has 0 aliphatic carbocycles. The molecule has 0 aliphatic rings. The quantitative estimate of drug-likeness (QED) is 0.318. The van der Waals surface area contributed by atoms with Gasteiger partial charge in [-0.3, -0.25) is 0 Å². The van der Waals surface area contributed by atoms with Crippen LogP contribution in [0, 0.1) is 0 Å². The van der Waals surface area contributed by atoms with Crippen LogP contribution in [-0.4, -0.2) is 17.5 Å². The topological polar surface area (TPSA) is 29.4 Å². The molecule has 2 unspecified atom stereocenters. The van der Waals surface area contributed by atoms with Crippen molar-refractivity contribution < 1.29 is 4.79 Å². The number of hydrogen-bond donors (Lipinski definition) is 0. The Kier molecular flexibility index (Phi) is 3.49. The molecule has 0 aliphatic heterocycles. The summed E-state index contributed by atoms with van der Waals surface area (Å²) in [5.74, 6) is 0. The first-order chi connectivity index (χ1) is 3.68. The Hall–Kier alpha value is -0.330. The van der Waals surface area contributed by atoms with Crippen LogP contribution >= 0.6 is 11.6 Å². The van der Waals surface area contributed by atoms with Gasteiger partial charge in [0.25, 0.3) is 0 Å². The Morgan fingerprint density at radius 3 is 2.25 bits per heavy atom. The van der Waals surface area contributed by atoms with Crippen LogP contribution in [0.1, 0.15) is 13.8 Å². The fourth-order valence-electron chi connectivity index (χ4n) is 0.186. The number of alkyl halides is 1. The van der Waals surface area contributed by atoms with E-state index in [1.165, 1.54) is 6.08 Å². The molecule has 0 amide bonds. The largest absolute Gasteiger partial charge is 0.235 e. The SMILES string of the molecule is CC(Cl)C(C)N=C=O. The van der Waals surface area contributed by atoms with E-state index in [2.05, 4.69) is 4.99 Å². The molecule has 8 heavy (non-hydrogen) atoms. The predicted molar refractivity (Wildman–Crippen MR) is 32.9 cm³/mol. The summed E-state index contributed by atoms with van der Waals surface area (Å²) in [5.41, 5.74) is 0. The Balaban J connectivity index is 3.63. The fraction of sp³-hybridized carbons (Fsp3) is 0.800. The van der Waals surface area contributed by atoms with E-state index in [9.17, 15) is 4.79 Å². The molecule has 0 spiro atoms. The molecule has 0 saturated carbocycles. The minimum absolute atomic E-state index is 0.0866. The second-order valence-corrected chi connectivity index (χ2v) is 2.33. The Bertz CT molecular complexity index is 107. The first-order valence-electron chi connectivity index (χ1n) is 2.39. The van der Waals surface area contributed by atoms with Gasteiger partial charge in [0.2, 0.25) is 6.08 Å². The third-order valence-electron chi connectivity index (χ3n) is 0.921. The summed E-state index contributed by atoms with van der Waals surface area (Å²) in [6.07, 6.45) is 1.44. The molecule has 0 saturated heterocycles. The number of hydrogen-bond acceptors (Lipinski definition) is 2. The Morgan fingerprint density at radius 1 is 1.62 bits per heavy atom. The van der Waals surface area contributed by atoms with E-state index >= 15 is 0 Å². The molecule has 2 nitrogen and oxygen atoms in total. The molecular weight excluding hydrogens is 126 g/mol. The van der Waals surface area contributed by atoms with Crippen LogP contribution in [0.4, 0.5) is 0 Å². The fourth-order valence-corrected chi connectivity index (χ4v) is 0.242. The van der Waals surface area contributed by atoms with Gasteiger partial charge in [0.1, 0.15) is 0 Å². The van der Waals surface area contributed by atoms with Crippen LogP contribution in [0.25, 0.3) is 0 Å². The highest BCUT2D eigenvalue weighted by Gasteiger charge is 2.04. The molecular formula is C5H8ClNO. The molecule has 0 rings (SSSR count). The number of isocyanates is 1. The average Bonchev–Trinajstić information content (AvgIpc) is 1.67. The number of halogens is 1. The number of rotatable bonds is 2. The maximum absolute atomic E-state index is 9.57. The van der Waals surface area contributed by atoms with Crippen LogP contribution in [0.3, 0.4) is 0 Å². The zero-order chi connectivity index (χ0) is 6.57. The Labute approximate surface area is 53.6 Å². The molecule has 0 heterocycles. The molecule has 0 aromatic carbocycles.